The number of halogens is 1. The van der Waals surface area contributed by atoms with E-state index in [1.807, 2.05) is 7.05 Å². The fraction of sp³-hybridized carbons (Fsp3) is 0.667. The lowest BCUT2D eigenvalue weighted by Crippen LogP contribution is -2.49. The lowest BCUT2D eigenvalue weighted by Gasteiger charge is -2.29. The van der Waals surface area contributed by atoms with Crippen LogP contribution in [-0.2, 0) is 11.2 Å². The highest BCUT2D eigenvalue weighted by molar-refractivity contribution is 14.0. The van der Waals surface area contributed by atoms with Crippen molar-refractivity contribution in [3.63, 3.8) is 0 Å². The van der Waals surface area contributed by atoms with Crippen molar-refractivity contribution in [3.05, 3.63) is 29.8 Å². The SMILES string of the molecule is CN=C(NCC(C)N1CCc2ccccc21)NC1CCN(C(=O)C2CCCCC2)C1.I. The quantitative estimate of drug-likeness (QED) is 0.342. The molecule has 1 saturated heterocycles. The largest absolute Gasteiger partial charge is 0.366 e. The van der Waals surface area contributed by atoms with Crippen LogP contribution in [0.3, 0.4) is 0 Å². The molecule has 3 aliphatic rings. The maximum atomic E-state index is 12.8. The maximum Gasteiger partial charge on any atom is 0.225 e. The predicted molar refractivity (Wildman–Crippen MR) is 138 cm³/mol. The molecule has 0 bridgehead atoms. The number of amides is 1. The molecular formula is C24H38IN5O. The Labute approximate surface area is 204 Å². The number of benzene rings is 1. The number of guanidine groups is 1. The number of para-hydroxylation sites is 1. The molecule has 31 heavy (non-hydrogen) atoms. The predicted octanol–water partition coefficient (Wildman–Crippen LogP) is 3.40. The fourth-order valence-corrected chi connectivity index (χ4v) is 5.25. The van der Waals surface area contributed by atoms with Gasteiger partial charge < -0.3 is 20.4 Å². The van der Waals surface area contributed by atoms with E-state index in [2.05, 4.69) is 56.6 Å². The summed E-state index contributed by atoms with van der Waals surface area (Å²) in [5, 5.41) is 7.05. The summed E-state index contributed by atoms with van der Waals surface area (Å²) < 4.78 is 0. The fourth-order valence-electron chi connectivity index (χ4n) is 5.25. The van der Waals surface area contributed by atoms with Crippen molar-refractivity contribution >= 4 is 41.5 Å². The second-order valence-electron chi connectivity index (χ2n) is 9.12. The summed E-state index contributed by atoms with van der Waals surface area (Å²) in [6.07, 6.45) is 7.98. The van der Waals surface area contributed by atoms with Crippen molar-refractivity contribution in [1.82, 2.24) is 15.5 Å². The van der Waals surface area contributed by atoms with Crippen molar-refractivity contribution in [2.24, 2.45) is 10.9 Å². The van der Waals surface area contributed by atoms with Gasteiger partial charge in [0, 0.05) is 56.9 Å². The molecule has 1 saturated carbocycles. The first-order valence-electron chi connectivity index (χ1n) is 11.8. The Morgan fingerprint density at radius 3 is 2.71 bits per heavy atom. The van der Waals surface area contributed by atoms with E-state index >= 15 is 0 Å². The first kappa shape index (κ1) is 24.1. The second kappa shape index (κ2) is 11.4. The number of aliphatic imine (C=N–C) groups is 1. The standard InChI is InChI=1S/C24H37N5O.HI/c1-18(29-15-12-19-8-6-7-11-22(19)29)16-26-24(25-2)27-21-13-14-28(17-21)23(30)20-9-4-3-5-10-20;/h6-8,11,18,20-21H,3-5,9-10,12-17H2,1-2H3,(H2,25,26,27);1H. The van der Waals surface area contributed by atoms with Gasteiger partial charge in [0.15, 0.2) is 5.96 Å². The minimum absolute atomic E-state index is 0. The highest BCUT2D eigenvalue weighted by Gasteiger charge is 2.32. The number of fused-ring (bicyclic) bond motifs is 1. The molecule has 6 nitrogen and oxygen atoms in total. The van der Waals surface area contributed by atoms with Crippen LogP contribution in [-0.4, -0.2) is 62.1 Å². The normalized spacial score (nSPS) is 22.6. The number of anilines is 1. The maximum absolute atomic E-state index is 12.8. The molecule has 2 unspecified atom stereocenters. The molecule has 2 aliphatic heterocycles. The molecule has 0 radical (unpaired) electrons. The Bertz CT molecular complexity index is 764. The Balaban J connectivity index is 0.00000272. The lowest BCUT2D eigenvalue weighted by atomic mass is 9.88. The molecule has 2 atom stereocenters. The van der Waals surface area contributed by atoms with E-state index in [-0.39, 0.29) is 35.9 Å². The molecule has 1 aliphatic carbocycles. The van der Waals surface area contributed by atoms with Crippen molar-refractivity contribution in [2.45, 2.75) is 64.0 Å². The summed E-state index contributed by atoms with van der Waals surface area (Å²) in [6, 6.07) is 9.38. The van der Waals surface area contributed by atoms with Crippen molar-refractivity contribution < 1.29 is 4.79 Å². The molecule has 2 heterocycles. The Morgan fingerprint density at radius 2 is 1.94 bits per heavy atom. The second-order valence-corrected chi connectivity index (χ2v) is 9.12. The van der Waals surface area contributed by atoms with Gasteiger partial charge in [-0.05, 0) is 44.2 Å². The molecule has 1 amide bonds. The average molecular weight is 540 g/mol. The van der Waals surface area contributed by atoms with E-state index in [9.17, 15) is 4.79 Å². The summed E-state index contributed by atoms with van der Waals surface area (Å²) in [6.45, 7) is 5.85. The van der Waals surface area contributed by atoms with Crippen LogP contribution < -0.4 is 15.5 Å². The third kappa shape index (κ3) is 5.84. The van der Waals surface area contributed by atoms with Gasteiger partial charge in [-0.1, -0.05) is 37.5 Å². The minimum Gasteiger partial charge on any atom is -0.366 e. The first-order valence-corrected chi connectivity index (χ1v) is 11.8. The molecule has 2 N–H and O–H groups in total. The van der Waals surface area contributed by atoms with E-state index in [0.717, 1.165) is 57.8 Å². The summed E-state index contributed by atoms with van der Waals surface area (Å²) in [4.78, 5) is 21.8. The van der Waals surface area contributed by atoms with Crippen LogP contribution in [0.4, 0.5) is 5.69 Å². The van der Waals surface area contributed by atoms with Gasteiger partial charge in [-0.3, -0.25) is 9.79 Å². The van der Waals surface area contributed by atoms with Crippen molar-refractivity contribution in [1.29, 1.82) is 0 Å². The summed E-state index contributed by atoms with van der Waals surface area (Å²) >= 11 is 0. The van der Waals surface area contributed by atoms with Gasteiger partial charge in [0.05, 0.1) is 0 Å². The average Bonchev–Trinajstić information content (AvgIpc) is 3.43. The van der Waals surface area contributed by atoms with Crippen LogP contribution >= 0.6 is 24.0 Å². The number of hydrogen-bond acceptors (Lipinski definition) is 3. The molecule has 0 aromatic heterocycles. The van der Waals surface area contributed by atoms with E-state index < -0.39 is 0 Å². The number of hydrogen-bond donors (Lipinski definition) is 2. The summed E-state index contributed by atoms with van der Waals surface area (Å²) in [5.74, 6) is 1.48. The monoisotopic (exact) mass is 539 g/mol. The molecule has 4 rings (SSSR count). The zero-order chi connectivity index (χ0) is 20.9. The smallest absolute Gasteiger partial charge is 0.225 e. The summed E-state index contributed by atoms with van der Waals surface area (Å²) in [7, 11) is 1.82. The van der Waals surface area contributed by atoms with Gasteiger partial charge in [-0.25, -0.2) is 0 Å². The van der Waals surface area contributed by atoms with Gasteiger partial charge in [-0.15, -0.1) is 24.0 Å². The third-order valence-corrected chi connectivity index (χ3v) is 7.04. The number of carbonyl (C=O) groups excluding carboxylic acids is 1. The Kier molecular flexibility index (Phi) is 8.86. The van der Waals surface area contributed by atoms with E-state index in [1.54, 1.807) is 0 Å². The lowest BCUT2D eigenvalue weighted by molar-refractivity contribution is -0.135. The molecule has 1 aromatic carbocycles. The zero-order valence-electron chi connectivity index (χ0n) is 19.0. The molecule has 172 valence electrons. The van der Waals surface area contributed by atoms with Gasteiger partial charge in [0.2, 0.25) is 5.91 Å². The van der Waals surface area contributed by atoms with Gasteiger partial charge in [0.1, 0.15) is 0 Å². The topological polar surface area (TPSA) is 60.0 Å². The van der Waals surface area contributed by atoms with E-state index in [4.69, 9.17) is 0 Å². The van der Waals surface area contributed by atoms with Crippen molar-refractivity contribution in [2.75, 3.05) is 38.1 Å². The zero-order valence-corrected chi connectivity index (χ0v) is 21.3. The van der Waals surface area contributed by atoms with Crippen molar-refractivity contribution in [3.8, 4) is 0 Å². The molecule has 2 fully saturated rings. The number of likely N-dealkylation sites (tertiary alicyclic amines) is 1. The van der Waals surface area contributed by atoms with E-state index in [1.165, 1.54) is 30.5 Å². The third-order valence-electron chi connectivity index (χ3n) is 7.04. The van der Waals surface area contributed by atoms with E-state index in [0.29, 0.717) is 11.9 Å². The van der Waals surface area contributed by atoms with Crippen LogP contribution in [0.1, 0.15) is 51.0 Å². The highest BCUT2D eigenvalue weighted by Crippen LogP contribution is 2.29. The van der Waals surface area contributed by atoms with Crippen LogP contribution in [0.25, 0.3) is 0 Å². The summed E-state index contributed by atoms with van der Waals surface area (Å²) in [5.41, 5.74) is 2.81. The molecule has 7 heteroatoms. The van der Waals surface area contributed by atoms with Crippen LogP contribution in [0.5, 0.6) is 0 Å². The van der Waals surface area contributed by atoms with Crippen LogP contribution in [0.15, 0.2) is 29.3 Å². The number of nitrogens with zero attached hydrogens (tertiary/aromatic N) is 3. The first-order chi connectivity index (χ1) is 14.7. The Morgan fingerprint density at radius 1 is 1.16 bits per heavy atom. The van der Waals surface area contributed by atoms with Crippen LogP contribution in [0.2, 0.25) is 0 Å². The van der Waals surface area contributed by atoms with Crippen LogP contribution in [0, 0.1) is 5.92 Å². The molecule has 0 spiro atoms. The van der Waals surface area contributed by atoms with Gasteiger partial charge in [0.25, 0.3) is 0 Å². The molecule has 1 aromatic rings. The minimum atomic E-state index is 0. The highest BCUT2D eigenvalue weighted by atomic mass is 127. The number of nitrogens with one attached hydrogen (secondary N) is 2. The van der Waals surface area contributed by atoms with Gasteiger partial charge >= 0.3 is 0 Å². The van der Waals surface area contributed by atoms with Gasteiger partial charge in [-0.2, -0.15) is 0 Å². The Hall–Kier alpha value is -1.51. The number of rotatable bonds is 5. The number of carbonyl (C=O) groups is 1. The molecular weight excluding hydrogens is 501 g/mol.